The number of nitrogens with zero attached hydrogens (tertiary/aromatic N) is 4. The largest absolute Gasteiger partial charge is 0.344 e. The van der Waals surface area contributed by atoms with Crippen LogP contribution in [0.5, 0.6) is 0 Å². The van der Waals surface area contributed by atoms with E-state index < -0.39 is 23.4 Å². The van der Waals surface area contributed by atoms with Crippen molar-refractivity contribution in [1.29, 1.82) is 0 Å². The van der Waals surface area contributed by atoms with Crippen LogP contribution in [-0.4, -0.2) is 55.9 Å². The van der Waals surface area contributed by atoms with Crippen LogP contribution < -0.4 is 10.7 Å². The van der Waals surface area contributed by atoms with Crippen molar-refractivity contribution in [2.45, 2.75) is 38.8 Å². The first-order valence-electron chi connectivity index (χ1n) is 8.01. The second kappa shape index (κ2) is 5.90. The molecular weight excluding hydrogens is 312 g/mol. The van der Waals surface area contributed by atoms with Gasteiger partial charge in [-0.25, -0.2) is 9.78 Å². The third-order valence-corrected chi connectivity index (χ3v) is 4.76. The predicted octanol–water partition coefficient (Wildman–Crippen LogP) is -0.470. The molecule has 0 aromatic carbocycles. The van der Waals surface area contributed by atoms with Crippen LogP contribution in [0.1, 0.15) is 31.7 Å². The Hall–Kier alpha value is -2.42. The second-order valence-corrected chi connectivity index (χ2v) is 6.50. The molecule has 9 heteroatoms. The number of imide groups is 1. The molecule has 0 aliphatic carbocycles. The lowest BCUT2D eigenvalue weighted by Crippen LogP contribution is -2.51. The molecule has 2 aliphatic heterocycles. The number of imidazole rings is 1. The second-order valence-electron chi connectivity index (χ2n) is 6.50. The lowest BCUT2D eigenvalue weighted by atomic mass is 10.00. The van der Waals surface area contributed by atoms with Crippen LogP contribution in [0.2, 0.25) is 0 Å². The van der Waals surface area contributed by atoms with Gasteiger partial charge in [-0.05, 0) is 13.3 Å². The topological polar surface area (TPSA) is 99.6 Å². The summed E-state index contributed by atoms with van der Waals surface area (Å²) in [5, 5.41) is 3.38. The molecule has 1 atom stereocenters. The molecule has 24 heavy (non-hydrogen) atoms. The molecule has 2 aliphatic rings. The summed E-state index contributed by atoms with van der Waals surface area (Å²) >= 11 is 0. The normalized spacial score (nSPS) is 24.0. The van der Waals surface area contributed by atoms with Crippen molar-refractivity contribution in [2.24, 2.45) is 7.05 Å². The number of aryl methyl sites for hydroxylation is 1. The Kier molecular flexibility index (Phi) is 4.04. The summed E-state index contributed by atoms with van der Waals surface area (Å²) in [6.45, 7) is 4.87. The van der Waals surface area contributed by atoms with E-state index in [1.54, 1.807) is 13.3 Å². The molecule has 3 heterocycles. The van der Waals surface area contributed by atoms with Gasteiger partial charge >= 0.3 is 6.03 Å². The molecule has 1 aromatic heterocycles. The molecule has 1 fully saturated rings. The maximum Gasteiger partial charge on any atom is 0.344 e. The number of amides is 4. The van der Waals surface area contributed by atoms with Gasteiger partial charge in [-0.3, -0.25) is 19.9 Å². The van der Waals surface area contributed by atoms with Crippen molar-refractivity contribution < 1.29 is 14.4 Å². The predicted molar refractivity (Wildman–Crippen MR) is 84.4 cm³/mol. The molecule has 1 aromatic rings. The van der Waals surface area contributed by atoms with Crippen molar-refractivity contribution in [3.8, 4) is 0 Å². The highest BCUT2D eigenvalue weighted by atomic mass is 16.2. The third-order valence-electron chi connectivity index (χ3n) is 4.76. The summed E-state index contributed by atoms with van der Waals surface area (Å²) in [7, 11) is 1.95. The highest BCUT2D eigenvalue weighted by Crippen LogP contribution is 2.19. The van der Waals surface area contributed by atoms with Crippen molar-refractivity contribution in [2.75, 3.05) is 13.1 Å². The summed E-state index contributed by atoms with van der Waals surface area (Å²) in [6, 6.07) is -0.594. The van der Waals surface area contributed by atoms with E-state index in [0.717, 1.165) is 23.7 Å². The number of rotatable bonds is 4. The van der Waals surface area contributed by atoms with Crippen molar-refractivity contribution in [3.05, 3.63) is 17.7 Å². The molecule has 0 radical (unpaired) electrons. The minimum absolute atomic E-state index is 0.107. The van der Waals surface area contributed by atoms with E-state index >= 15 is 0 Å². The van der Waals surface area contributed by atoms with Gasteiger partial charge in [0.25, 0.3) is 11.8 Å². The molecule has 4 amide bonds. The van der Waals surface area contributed by atoms with Crippen LogP contribution in [0, 0.1) is 0 Å². The first-order valence-corrected chi connectivity index (χ1v) is 8.01. The fourth-order valence-corrected chi connectivity index (χ4v) is 3.04. The number of carbonyl (C=O) groups is 3. The molecule has 130 valence electrons. The summed E-state index contributed by atoms with van der Waals surface area (Å²) < 4.78 is 1.99. The Morgan fingerprint density at radius 3 is 2.88 bits per heavy atom. The number of carbonyl (C=O) groups excluding carboxylic acids is 3. The van der Waals surface area contributed by atoms with Crippen molar-refractivity contribution in [3.63, 3.8) is 0 Å². The van der Waals surface area contributed by atoms with Crippen LogP contribution in [-0.2, 0) is 29.6 Å². The van der Waals surface area contributed by atoms with Crippen LogP contribution in [0.15, 0.2) is 6.33 Å². The fraction of sp³-hybridized carbons (Fsp3) is 0.600. The first-order chi connectivity index (χ1) is 11.3. The summed E-state index contributed by atoms with van der Waals surface area (Å²) in [5.41, 5.74) is 3.59. The molecular formula is C15H22N6O3. The Morgan fingerprint density at radius 2 is 2.21 bits per heavy atom. The van der Waals surface area contributed by atoms with Crippen molar-refractivity contribution >= 4 is 17.8 Å². The maximum absolute atomic E-state index is 12.3. The number of aromatic nitrogens is 2. The van der Waals surface area contributed by atoms with Gasteiger partial charge in [-0.2, -0.15) is 5.01 Å². The Labute approximate surface area is 140 Å². The highest BCUT2D eigenvalue weighted by molar-refractivity contribution is 6.07. The van der Waals surface area contributed by atoms with E-state index in [1.165, 1.54) is 5.69 Å². The molecule has 0 spiro atoms. The van der Waals surface area contributed by atoms with Gasteiger partial charge in [-0.15, -0.1) is 0 Å². The average molecular weight is 334 g/mol. The van der Waals surface area contributed by atoms with Gasteiger partial charge in [0.2, 0.25) is 0 Å². The monoisotopic (exact) mass is 334 g/mol. The first kappa shape index (κ1) is 16.4. The van der Waals surface area contributed by atoms with E-state index in [4.69, 9.17) is 0 Å². The maximum atomic E-state index is 12.3. The van der Waals surface area contributed by atoms with E-state index in [2.05, 4.69) is 15.7 Å². The van der Waals surface area contributed by atoms with Crippen molar-refractivity contribution in [1.82, 2.24) is 30.2 Å². The van der Waals surface area contributed by atoms with E-state index in [0.29, 0.717) is 13.0 Å². The standard InChI is InChI=1S/C15H22N6O3/c1-4-15(2)13(23)21(14(24)17-15)18-12(22)8-20-6-5-11-10(7-20)16-9-19(11)3/h9H,4-8H2,1-3H3,(H,17,24)(H,18,22). The Morgan fingerprint density at radius 1 is 1.46 bits per heavy atom. The quantitative estimate of drug-likeness (QED) is 0.725. The highest BCUT2D eigenvalue weighted by Gasteiger charge is 2.47. The molecule has 0 saturated carbocycles. The van der Waals surface area contributed by atoms with Crippen LogP contribution in [0.3, 0.4) is 0 Å². The van der Waals surface area contributed by atoms with Crippen LogP contribution in [0.25, 0.3) is 0 Å². The minimum Gasteiger partial charge on any atom is -0.337 e. The van der Waals surface area contributed by atoms with E-state index in [1.807, 2.05) is 23.4 Å². The van der Waals surface area contributed by atoms with Gasteiger partial charge in [0.1, 0.15) is 5.54 Å². The number of hydrazine groups is 1. The lowest BCUT2D eigenvalue weighted by molar-refractivity contribution is -0.139. The van der Waals surface area contributed by atoms with Gasteiger partial charge in [0.15, 0.2) is 0 Å². The average Bonchev–Trinajstić information content (AvgIpc) is 3.01. The summed E-state index contributed by atoms with van der Waals surface area (Å²) in [5.74, 6) is -0.827. The third kappa shape index (κ3) is 2.75. The zero-order chi connectivity index (χ0) is 17.5. The number of hydrogen-bond acceptors (Lipinski definition) is 5. The molecule has 3 rings (SSSR count). The fourth-order valence-electron chi connectivity index (χ4n) is 3.04. The Balaban J connectivity index is 1.59. The van der Waals surface area contributed by atoms with Gasteiger partial charge in [0.05, 0.1) is 18.6 Å². The SMILES string of the molecule is CCC1(C)NC(=O)N(NC(=O)CN2CCc3c(ncn3C)C2)C1=O. The molecule has 2 N–H and O–H groups in total. The smallest absolute Gasteiger partial charge is 0.337 e. The number of fused-ring (bicyclic) bond motifs is 1. The number of nitrogens with one attached hydrogen (secondary N) is 2. The Bertz CT molecular complexity index is 699. The number of urea groups is 1. The molecule has 1 saturated heterocycles. The zero-order valence-electron chi connectivity index (χ0n) is 14.1. The van der Waals surface area contributed by atoms with E-state index in [-0.39, 0.29) is 6.54 Å². The minimum atomic E-state index is -0.960. The lowest BCUT2D eigenvalue weighted by Gasteiger charge is -2.26. The molecule has 0 bridgehead atoms. The van der Waals surface area contributed by atoms with Crippen LogP contribution >= 0.6 is 0 Å². The van der Waals surface area contributed by atoms with E-state index in [9.17, 15) is 14.4 Å². The summed E-state index contributed by atoms with van der Waals surface area (Å²) in [6.07, 6.45) is 3.04. The summed E-state index contributed by atoms with van der Waals surface area (Å²) in [4.78, 5) is 42.7. The van der Waals surface area contributed by atoms with Crippen LogP contribution in [0.4, 0.5) is 4.79 Å². The number of hydrogen-bond donors (Lipinski definition) is 2. The van der Waals surface area contributed by atoms with Gasteiger partial charge in [0, 0.05) is 32.3 Å². The van der Waals surface area contributed by atoms with Gasteiger partial charge < -0.3 is 9.88 Å². The molecule has 9 nitrogen and oxygen atoms in total. The molecule has 1 unspecified atom stereocenters. The van der Waals surface area contributed by atoms with Gasteiger partial charge in [-0.1, -0.05) is 6.92 Å². The zero-order valence-corrected chi connectivity index (χ0v) is 14.1.